The largest absolute Gasteiger partial charge is 0.508 e. The number of carbonyl (C=O) groups excluding carboxylic acids is 1. The zero-order chi connectivity index (χ0) is 13.4. The van der Waals surface area contributed by atoms with Crippen LogP contribution in [0.15, 0.2) is 24.3 Å². The average molecular weight is 251 g/mol. The topological polar surface area (TPSA) is 69.6 Å². The van der Waals surface area contributed by atoms with Gasteiger partial charge < -0.3 is 15.5 Å². The van der Waals surface area contributed by atoms with Crippen LogP contribution in [0.2, 0.25) is 0 Å². The fraction of sp³-hybridized carbons (Fsp3) is 0.500. The third kappa shape index (κ3) is 5.19. The van der Waals surface area contributed by atoms with E-state index in [-0.39, 0.29) is 24.7 Å². The van der Waals surface area contributed by atoms with Crippen molar-refractivity contribution in [3.8, 4) is 5.75 Å². The van der Waals surface area contributed by atoms with Crippen molar-refractivity contribution in [2.75, 3.05) is 13.2 Å². The van der Waals surface area contributed by atoms with Crippen molar-refractivity contribution < 1.29 is 15.0 Å². The van der Waals surface area contributed by atoms with Gasteiger partial charge in [-0.25, -0.2) is 0 Å². The number of amides is 1. The summed E-state index contributed by atoms with van der Waals surface area (Å²) in [5.74, 6) is 0.437. The summed E-state index contributed by atoms with van der Waals surface area (Å²) in [5, 5.41) is 21.0. The van der Waals surface area contributed by atoms with Crippen molar-refractivity contribution in [1.82, 2.24) is 5.32 Å². The van der Waals surface area contributed by atoms with Gasteiger partial charge in [0.15, 0.2) is 0 Å². The van der Waals surface area contributed by atoms with Gasteiger partial charge in [0.05, 0.1) is 6.42 Å². The Morgan fingerprint density at radius 2 is 2.22 bits per heavy atom. The van der Waals surface area contributed by atoms with Crippen LogP contribution < -0.4 is 5.32 Å². The van der Waals surface area contributed by atoms with Gasteiger partial charge in [-0.1, -0.05) is 25.5 Å². The van der Waals surface area contributed by atoms with Crippen LogP contribution in [0, 0.1) is 5.92 Å². The maximum absolute atomic E-state index is 11.7. The molecular weight excluding hydrogens is 230 g/mol. The van der Waals surface area contributed by atoms with E-state index in [4.69, 9.17) is 5.11 Å². The molecule has 4 nitrogen and oxygen atoms in total. The Labute approximate surface area is 108 Å². The van der Waals surface area contributed by atoms with Crippen LogP contribution in [0.4, 0.5) is 0 Å². The lowest BCUT2D eigenvalue weighted by Gasteiger charge is -2.14. The summed E-state index contributed by atoms with van der Waals surface area (Å²) >= 11 is 0. The summed E-state index contributed by atoms with van der Waals surface area (Å²) in [6, 6.07) is 6.70. The first-order valence-electron chi connectivity index (χ1n) is 6.31. The number of aliphatic hydroxyl groups is 1. The molecule has 0 spiro atoms. The zero-order valence-electron chi connectivity index (χ0n) is 10.7. The lowest BCUT2D eigenvalue weighted by Crippen LogP contribution is -2.30. The molecule has 0 aromatic heterocycles. The molecule has 0 fully saturated rings. The molecule has 18 heavy (non-hydrogen) atoms. The van der Waals surface area contributed by atoms with Gasteiger partial charge in [-0.05, 0) is 30.0 Å². The van der Waals surface area contributed by atoms with Gasteiger partial charge in [0.2, 0.25) is 5.91 Å². The Kier molecular flexibility index (Phi) is 6.22. The maximum Gasteiger partial charge on any atom is 0.224 e. The fourth-order valence-electron chi connectivity index (χ4n) is 1.81. The number of hydrogen-bond donors (Lipinski definition) is 3. The van der Waals surface area contributed by atoms with E-state index < -0.39 is 0 Å². The molecule has 0 bridgehead atoms. The Balaban J connectivity index is 2.37. The Morgan fingerprint density at radius 1 is 1.44 bits per heavy atom. The van der Waals surface area contributed by atoms with E-state index in [9.17, 15) is 9.90 Å². The predicted molar refractivity (Wildman–Crippen MR) is 70.3 cm³/mol. The highest BCUT2D eigenvalue weighted by atomic mass is 16.3. The molecule has 0 saturated heterocycles. The van der Waals surface area contributed by atoms with Gasteiger partial charge >= 0.3 is 0 Å². The third-order valence-electron chi connectivity index (χ3n) is 2.98. The van der Waals surface area contributed by atoms with Crippen LogP contribution in [0.3, 0.4) is 0 Å². The van der Waals surface area contributed by atoms with Gasteiger partial charge in [-0.15, -0.1) is 0 Å². The lowest BCUT2D eigenvalue weighted by molar-refractivity contribution is -0.120. The zero-order valence-corrected chi connectivity index (χ0v) is 10.7. The van der Waals surface area contributed by atoms with Gasteiger partial charge in [0, 0.05) is 13.2 Å². The van der Waals surface area contributed by atoms with E-state index in [1.54, 1.807) is 18.2 Å². The van der Waals surface area contributed by atoms with Crippen LogP contribution in [-0.2, 0) is 11.2 Å². The molecule has 3 N–H and O–H groups in total. The molecule has 1 aromatic carbocycles. The monoisotopic (exact) mass is 251 g/mol. The van der Waals surface area contributed by atoms with E-state index in [1.807, 2.05) is 13.0 Å². The van der Waals surface area contributed by atoms with Crippen LogP contribution in [-0.4, -0.2) is 29.3 Å². The molecule has 0 saturated carbocycles. The van der Waals surface area contributed by atoms with Gasteiger partial charge in [0.25, 0.3) is 0 Å². The number of rotatable bonds is 7. The van der Waals surface area contributed by atoms with Crippen LogP contribution in [0.5, 0.6) is 5.75 Å². The standard InChI is InChI=1S/C14H21NO3/c1-2-11(6-7-16)10-15-14(18)9-12-4-3-5-13(17)8-12/h3-5,8,11,16-17H,2,6-7,9-10H2,1H3,(H,15,18). The number of hydrogen-bond acceptors (Lipinski definition) is 3. The number of carbonyl (C=O) groups is 1. The molecule has 0 radical (unpaired) electrons. The van der Waals surface area contributed by atoms with Gasteiger partial charge in [0.1, 0.15) is 5.75 Å². The highest BCUT2D eigenvalue weighted by molar-refractivity contribution is 5.78. The second-order valence-electron chi connectivity index (χ2n) is 4.44. The highest BCUT2D eigenvalue weighted by Crippen LogP contribution is 2.11. The number of phenolic OH excluding ortho intramolecular Hbond substituents is 1. The van der Waals surface area contributed by atoms with Crippen LogP contribution >= 0.6 is 0 Å². The minimum atomic E-state index is -0.0583. The minimum Gasteiger partial charge on any atom is -0.508 e. The van der Waals surface area contributed by atoms with E-state index in [0.717, 1.165) is 12.0 Å². The second kappa shape index (κ2) is 7.71. The molecule has 1 aromatic rings. The summed E-state index contributed by atoms with van der Waals surface area (Å²) < 4.78 is 0. The molecule has 0 aliphatic rings. The summed E-state index contributed by atoms with van der Waals surface area (Å²) in [7, 11) is 0. The van der Waals surface area contributed by atoms with Crippen molar-refractivity contribution in [2.45, 2.75) is 26.2 Å². The van der Waals surface area contributed by atoms with Crippen molar-refractivity contribution in [2.24, 2.45) is 5.92 Å². The Bertz CT molecular complexity index is 379. The van der Waals surface area contributed by atoms with E-state index >= 15 is 0 Å². The molecule has 1 atom stereocenters. The first-order chi connectivity index (χ1) is 8.65. The molecule has 1 amide bonds. The number of nitrogens with one attached hydrogen (secondary N) is 1. The number of aromatic hydroxyl groups is 1. The Hall–Kier alpha value is -1.55. The Morgan fingerprint density at radius 3 is 2.83 bits per heavy atom. The summed E-state index contributed by atoms with van der Waals surface area (Å²) in [5.41, 5.74) is 0.794. The second-order valence-corrected chi connectivity index (χ2v) is 4.44. The van der Waals surface area contributed by atoms with Crippen LogP contribution in [0.25, 0.3) is 0 Å². The van der Waals surface area contributed by atoms with Crippen molar-refractivity contribution in [1.29, 1.82) is 0 Å². The van der Waals surface area contributed by atoms with Gasteiger partial charge in [-0.3, -0.25) is 4.79 Å². The molecule has 1 rings (SSSR count). The van der Waals surface area contributed by atoms with Crippen molar-refractivity contribution in [3.05, 3.63) is 29.8 Å². The van der Waals surface area contributed by atoms with E-state index in [0.29, 0.717) is 18.9 Å². The van der Waals surface area contributed by atoms with E-state index in [2.05, 4.69) is 5.32 Å². The molecule has 100 valence electrons. The lowest BCUT2D eigenvalue weighted by atomic mass is 10.0. The smallest absolute Gasteiger partial charge is 0.224 e. The SMILES string of the molecule is CCC(CCO)CNC(=O)Cc1cccc(O)c1. The average Bonchev–Trinajstić information content (AvgIpc) is 2.34. The number of aliphatic hydroxyl groups excluding tert-OH is 1. The van der Waals surface area contributed by atoms with E-state index in [1.165, 1.54) is 0 Å². The highest BCUT2D eigenvalue weighted by Gasteiger charge is 2.08. The van der Waals surface area contributed by atoms with Gasteiger partial charge in [-0.2, -0.15) is 0 Å². The first-order valence-corrected chi connectivity index (χ1v) is 6.31. The maximum atomic E-state index is 11.7. The quantitative estimate of drug-likeness (QED) is 0.687. The van der Waals surface area contributed by atoms with Crippen molar-refractivity contribution >= 4 is 5.91 Å². The third-order valence-corrected chi connectivity index (χ3v) is 2.98. The molecule has 0 aliphatic carbocycles. The normalized spacial score (nSPS) is 12.1. The number of benzene rings is 1. The molecular formula is C14H21NO3. The number of phenols is 1. The predicted octanol–water partition coefficient (Wildman–Crippen LogP) is 1.46. The summed E-state index contributed by atoms with van der Waals surface area (Å²) in [6.07, 6.45) is 1.92. The summed E-state index contributed by atoms with van der Waals surface area (Å²) in [6.45, 7) is 2.79. The minimum absolute atomic E-state index is 0.0583. The fourth-order valence-corrected chi connectivity index (χ4v) is 1.81. The molecule has 0 aliphatic heterocycles. The van der Waals surface area contributed by atoms with Crippen molar-refractivity contribution in [3.63, 3.8) is 0 Å². The molecule has 1 unspecified atom stereocenters. The van der Waals surface area contributed by atoms with Crippen LogP contribution in [0.1, 0.15) is 25.3 Å². The molecule has 4 heteroatoms. The summed E-state index contributed by atoms with van der Waals surface area (Å²) in [4.78, 5) is 11.7. The molecule has 0 heterocycles. The first kappa shape index (κ1) is 14.5.